The van der Waals surface area contributed by atoms with Crippen molar-refractivity contribution in [3.63, 3.8) is 0 Å². The van der Waals surface area contributed by atoms with E-state index in [1.807, 2.05) is 11.8 Å². The molecule has 0 amide bonds. The third-order valence-electron chi connectivity index (χ3n) is 2.45. The Labute approximate surface area is 105 Å². The van der Waals surface area contributed by atoms with Crippen LogP contribution in [-0.2, 0) is 16.1 Å². The summed E-state index contributed by atoms with van der Waals surface area (Å²) in [6.45, 7) is 3.15. The Morgan fingerprint density at radius 1 is 1.53 bits per heavy atom. The Balaban J connectivity index is 2.73. The van der Waals surface area contributed by atoms with Crippen molar-refractivity contribution >= 4 is 17.6 Å². The minimum absolute atomic E-state index is 0.107. The van der Waals surface area contributed by atoms with Gasteiger partial charge in [0.05, 0.1) is 18.7 Å². The fourth-order valence-corrected chi connectivity index (χ4v) is 1.62. The van der Waals surface area contributed by atoms with Gasteiger partial charge in [-0.15, -0.1) is 0 Å². The number of halogens is 2. The molecular weight excluding hydrogens is 245 g/mol. The molecule has 0 spiro atoms. The number of nitrogens with zero attached hydrogens (tertiary/aromatic N) is 1. The number of hydrogen-bond acceptors (Lipinski definition) is 3. The Hall–Kier alpha value is -1.13. The van der Waals surface area contributed by atoms with Gasteiger partial charge in [-0.05, 0) is 18.2 Å². The van der Waals surface area contributed by atoms with E-state index >= 15 is 0 Å². The average Bonchev–Trinajstić information content (AvgIpc) is 2.33. The third-order valence-corrected chi connectivity index (χ3v) is 2.88. The van der Waals surface area contributed by atoms with Gasteiger partial charge in [-0.25, -0.2) is 4.39 Å². The monoisotopic (exact) mass is 259 g/mol. The lowest BCUT2D eigenvalue weighted by Gasteiger charge is -2.19. The van der Waals surface area contributed by atoms with Crippen molar-refractivity contribution in [1.29, 1.82) is 0 Å². The molecule has 0 fully saturated rings. The first-order valence-electron chi connectivity index (χ1n) is 5.30. The Bertz CT molecular complexity index is 398. The van der Waals surface area contributed by atoms with E-state index in [0.717, 1.165) is 0 Å². The Morgan fingerprint density at radius 3 is 2.82 bits per heavy atom. The minimum atomic E-state index is -0.446. The molecule has 0 unspecified atom stereocenters. The van der Waals surface area contributed by atoms with Crippen LogP contribution in [0.1, 0.15) is 12.5 Å². The van der Waals surface area contributed by atoms with Crippen molar-refractivity contribution < 1.29 is 13.9 Å². The van der Waals surface area contributed by atoms with Crippen LogP contribution in [-0.4, -0.2) is 31.1 Å². The summed E-state index contributed by atoms with van der Waals surface area (Å²) in [4.78, 5) is 13.0. The van der Waals surface area contributed by atoms with Gasteiger partial charge in [0.25, 0.3) is 0 Å². The van der Waals surface area contributed by atoms with Crippen molar-refractivity contribution in [2.75, 3.05) is 20.2 Å². The van der Waals surface area contributed by atoms with Crippen molar-refractivity contribution in [2.45, 2.75) is 13.5 Å². The highest BCUT2D eigenvalue weighted by atomic mass is 35.5. The molecule has 0 N–H and O–H groups in total. The first kappa shape index (κ1) is 13.9. The van der Waals surface area contributed by atoms with Crippen LogP contribution in [0.3, 0.4) is 0 Å². The molecule has 0 radical (unpaired) electrons. The van der Waals surface area contributed by atoms with Gasteiger partial charge in [-0.2, -0.15) is 0 Å². The molecule has 0 atom stereocenters. The molecule has 0 aliphatic heterocycles. The Morgan fingerprint density at radius 2 is 2.24 bits per heavy atom. The van der Waals surface area contributed by atoms with E-state index in [2.05, 4.69) is 4.74 Å². The highest BCUT2D eigenvalue weighted by Gasteiger charge is 2.12. The van der Waals surface area contributed by atoms with Crippen LogP contribution >= 0.6 is 11.6 Å². The van der Waals surface area contributed by atoms with Crippen LogP contribution in [0, 0.1) is 5.82 Å². The van der Waals surface area contributed by atoms with Crippen LogP contribution in [0.2, 0.25) is 5.02 Å². The van der Waals surface area contributed by atoms with Gasteiger partial charge in [-0.3, -0.25) is 9.69 Å². The van der Waals surface area contributed by atoms with Crippen molar-refractivity contribution in [1.82, 2.24) is 4.90 Å². The van der Waals surface area contributed by atoms with Gasteiger partial charge in [0.1, 0.15) is 5.82 Å². The molecule has 94 valence electrons. The number of carbonyl (C=O) groups is 1. The summed E-state index contributed by atoms with van der Waals surface area (Å²) in [5.74, 6) is -0.766. The number of hydrogen-bond donors (Lipinski definition) is 0. The van der Waals surface area contributed by atoms with Gasteiger partial charge in [-0.1, -0.05) is 30.7 Å². The highest BCUT2D eigenvalue weighted by Crippen LogP contribution is 2.20. The number of carbonyl (C=O) groups excluding carboxylic acids is 1. The van der Waals surface area contributed by atoms with Gasteiger partial charge in [0.15, 0.2) is 0 Å². The van der Waals surface area contributed by atoms with Crippen molar-refractivity contribution in [2.24, 2.45) is 0 Å². The maximum Gasteiger partial charge on any atom is 0.319 e. The van der Waals surface area contributed by atoms with E-state index in [1.165, 1.54) is 13.2 Å². The van der Waals surface area contributed by atoms with E-state index in [9.17, 15) is 9.18 Å². The quantitative estimate of drug-likeness (QED) is 0.761. The summed E-state index contributed by atoms with van der Waals surface area (Å²) in [5.41, 5.74) is 0.664. The molecule has 1 rings (SSSR count). The molecule has 1 aromatic carbocycles. The molecule has 0 bridgehead atoms. The first-order chi connectivity index (χ1) is 8.08. The number of esters is 1. The van der Waals surface area contributed by atoms with Crippen molar-refractivity contribution in [3.05, 3.63) is 34.6 Å². The molecular formula is C12H15ClFNO2. The second-order valence-corrected chi connectivity index (χ2v) is 3.97. The van der Waals surface area contributed by atoms with E-state index in [-0.39, 0.29) is 17.5 Å². The van der Waals surface area contributed by atoms with Gasteiger partial charge >= 0.3 is 5.97 Å². The molecule has 17 heavy (non-hydrogen) atoms. The second kappa shape index (κ2) is 6.57. The van der Waals surface area contributed by atoms with Crippen LogP contribution in [0.4, 0.5) is 4.39 Å². The minimum Gasteiger partial charge on any atom is -0.468 e. The maximum atomic E-state index is 13.2. The van der Waals surface area contributed by atoms with Gasteiger partial charge < -0.3 is 4.74 Å². The van der Waals surface area contributed by atoms with Gasteiger partial charge in [0, 0.05) is 6.54 Å². The molecule has 0 aromatic heterocycles. The smallest absolute Gasteiger partial charge is 0.319 e. The summed E-state index contributed by atoms with van der Waals surface area (Å²) in [7, 11) is 1.34. The lowest BCUT2D eigenvalue weighted by molar-refractivity contribution is -0.142. The summed E-state index contributed by atoms with van der Waals surface area (Å²) in [6.07, 6.45) is 0. The number of likely N-dealkylation sites (N-methyl/N-ethyl adjacent to an activating group) is 1. The molecule has 3 nitrogen and oxygen atoms in total. The maximum absolute atomic E-state index is 13.2. The summed E-state index contributed by atoms with van der Waals surface area (Å²) >= 11 is 5.85. The van der Waals surface area contributed by atoms with E-state index in [1.54, 1.807) is 12.1 Å². The van der Waals surface area contributed by atoms with Crippen LogP contribution < -0.4 is 0 Å². The largest absolute Gasteiger partial charge is 0.468 e. The molecule has 5 heteroatoms. The fraction of sp³-hybridized carbons (Fsp3) is 0.417. The highest BCUT2D eigenvalue weighted by molar-refractivity contribution is 6.31. The summed E-state index contributed by atoms with van der Waals surface area (Å²) in [6, 6.07) is 4.65. The van der Waals surface area contributed by atoms with E-state index < -0.39 is 5.82 Å². The standard InChI is InChI=1S/C12H15ClFNO2/c1-3-15(8-11(16)17-2)7-9-5-4-6-10(14)12(9)13/h4-6H,3,7-8H2,1-2H3. The lowest BCUT2D eigenvalue weighted by atomic mass is 10.2. The van der Waals surface area contributed by atoms with Gasteiger partial charge in [0.2, 0.25) is 0 Å². The van der Waals surface area contributed by atoms with Crippen molar-refractivity contribution in [3.8, 4) is 0 Å². The fourth-order valence-electron chi connectivity index (χ4n) is 1.44. The zero-order valence-electron chi connectivity index (χ0n) is 9.87. The Kier molecular flexibility index (Phi) is 5.38. The second-order valence-electron chi connectivity index (χ2n) is 3.59. The molecule has 0 saturated carbocycles. The lowest BCUT2D eigenvalue weighted by Crippen LogP contribution is -2.30. The molecule has 0 aliphatic carbocycles. The summed E-state index contributed by atoms with van der Waals surface area (Å²) < 4.78 is 17.8. The van der Waals surface area contributed by atoms with Crippen LogP contribution in [0.5, 0.6) is 0 Å². The van der Waals surface area contributed by atoms with E-state index in [4.69, 9.17) is 11.6 Å². The number of rotatable bonds is 5. The molecule has 0 aliphatic rings. The predicted molar refractivity (Wildman–Crippen MR) is 64.4 cm³/mol. The topological polar surface area (TPSA) is 29.5 Å². The third kappa shape index (κ3) is 3.98. The zero-order valence-corrected chi connectivity index (χ0v) is 10.6. The summed E-state index contributed by atoms with van der Waals surface area (Å²) in [5, 5.41) is 0.107. The zero-order chi connectivity index (χ0) is 12.8. The normalized spacial score (nSPS) is 10.6. The molecule has 0 heterocycles. The molecule has 0 saturated heterocycles. The number of ether oxygens (including phenoxy) is 1. The van der Waals surface area contributed by atoms with Crippen LogP contribution in [0.15, 0.2) is 18.2 Å². The number of benzene rings is 1. The SMILES string of the molecule is CCN(CC(=O)OC)Cc1cccc(F)c1Cl. The molecule has 1 aromatic rings. The van der Waals surface area contributed by atoms with E-state index in [0.29, 0.717) is 18.7 Å². The number of methoxy groups -OCH3 is 1. The predicted octanol–water partition coefficient (Wildman–Crippen LogP) is 2.47. The average molecular weight is 260 g/mol. The first-order valence-corrected chi connectivity index (χ1v) is 5.68. The van der Waals surface area contributed by atoms with Crippen LogP contribution in [0.25, 0.3) is 0 Å².